The van der Waals surface area contributed by atoms with Crippen molar-refractivity contribution in [3.63, 3.8) is 0 Å². The number of rotatable bonds is 28. The molecule has 0 rings (SSSR count). The lowest BCUT2D eigenvalue weighted by Crippen LogP contribution is -2.59. The zero-order valence-corrected chi connectivity index (χ0v) is 24.0. The summed E-state index contributed by atoms with van der Waals surface area (Å²) < 4.78 is 5.86. The summed E-state index contributed by atoms with van der Waals surface area (Å²) in [6.07, 6.45) is 28.5. The zero-order valence-electron chi connectivity index (χ0n) is 24.0. The van der Waals surface area contributed by atoms with Gasteiger partial charge in [-0.1, -0.05) is 141 Å². The fourth-order valence-electron chi connectivity index (χ4n) is 4.52. The first-order chi connectivity index (χ1) is 16.5. The summed E-state index contributed by atoms with van der Waals surface area (Å²) in [5, 5.41) is 0. The average Bonchev–Trinajstić information content (AvgIpc) is 2.80. The summed E-state index contributed by atoms with van der Waals surface area (Å²) in [6.45, 7) is 7.06. The standard InChI is InChI=1S/C29H64N3O2/c1-5-7-9-11-12-13-14-15-16-17-18-19-20-21-22-23-25-27-34-32(30,28-31(3)4)29-33-26-24-10-8-6-2/h5-30H2,1-4H3/q+1. The van der Waals surface area contributed by atoms with E-state index in [1.54, 1.807) is 0 Å². The van der Waals surface area contributed by atoms with Gasteiger partial charge in [-0.3, -0.25) is 4.90 Å². The Hall–Kier alpha value is -0.200. The number of nitrogens with two attached hydrogens (primary N) is 1. The molecule has 2 N–H and O–H groups in total. The van der Waals surface area contributed by atoms with Gasteiger partial charge in [0.2, 0.25) is 6.73 Å². The summed E-state index contributed by atoms with van der Waals surface area (Å²) >= 11 is 0. The lowest BCUT2D eigenvalue weighted by molar-refractivity contribution is -1.13. The maximum atomic E-state index is 6.46. The van der Waals surface area contributed by atoms with Crippen LogP contribution in [0.3, 0.4) is 0 Å². The van der Waals surface area contributed by atoms with E-state index in [4.69, 9.17) is 15.4 Å². The number of hydrogen-bond acceptors (Lipinski definition) is 4. The maximum Gasteiger partial charge on any atom is 0.232 e. The van der Waals surface area contributed by atoms with Crippen molar-refractivity contribution in [2.24, 2.45) is 5.84 Å². The smallest absolute Gasteiger partial charge is 0.232 e. The first-order valence-corrected chi connectivity index (χ1v) is 15.1. The van der Waals surface area contributed by atoms with Gasteiger partial charge in [0.05, 0.1) is 6.61 Å². The quantitative estimate of drug-likeness (QED) is 0.0397. The van der Waals surface area contributed by atoms with Crippen molar-refractivity contribution >= 4 is 0 Å². The molecule has 0 aromatic carbocycles. The molecule has 0 aliphatic rings. The molecule has 5 heteroatoms. The van der Waals surface area contributed by atoms with E-state index in [-0.39, 0.29) is 4.76 Å². The van der Waals surface area contributed by atoms with Crippen LogP contribution in [0, 0.1) is 0 Å². The van der Waals surface area contributed by atoms with Crippen LogP contribution in [-0.4, -0.2) is 50.4 Å². The van der Waals surface area contributed by atoms with Crippen LogP contribution in [-0.2, 0) is 9.57 Å². The predicted octanol–water partition coefficient (Wildman–Crippen LogP) is 8.33. The van der Waals surface area contributed by atoms with E-state index in [2.05, 4.69) is 18.7 Å². The van der Waals surface area contributed by atoms with E-state index in [1.807, 2.05) is 14.1 Å². The van der Waals surface area contributed by atoms with Gasteiger partial charge in [-0.05, 0) is 26.9 Å². The number of quaternary nitrogens is 1. The summed E-state index contributed by atoms with van der Waals surface area (Å²) in [5.41, 5.74) is 0. The van der Waals surface area contributed by atoms with Crippen molar-refractivity contribution in [2.45, 2.75) is 149 Å². The largest absolute Gasteiger partial charge is 0.328 e. The molecule has 1 atom stereocenters. The number of nitrogens with zero attached hydrogens (tertiary/aromatic N) is 2. The lowest BCUT2D eigenvalue weighted by Gasteiger charge is -2.31. The van der Waals surface area contributed by atoms with E-state index in [0.29, 0.717) is 20.0 Å². The summed E-state index contributed by atoms with van der Waals surface area (Å²) in [4.78, 5) is 8.11. The van der Waals surface area contributed by atoms with Gasteiger partial charge in [-0.15, -0.1) is 5.84 Å². The molecule has 0 heterocycles. The van der Waals surface area contributed by atoms with Crippen LogP contribution in [0.4, 0.5) is 0 Å². The topological polar surface area (TPSA) is 47.7 Å². The molecule has 0 aliphatic heterocycles. The third kappa shape index (κ3) is 24.9. The Bertz CT molecular complexity index is 396. The van der Waals surface area contributed by atoms with Gasteiger partial charge in [-0.25, -0.2) is 0 Å². The van der Waals surface area contributed by atoms with Crippen molar-refractivity contribution in [1.29, 1.82) is 0 Å². The molecule has 0 radical (unpaired) electrons. The Morgan fingerprint density at radius 2 is 0.882 bits per heavy atom. The van der Waals surface area contributed by atoms with Crippen molar-refractivity contribution in [3.8, 4) is 0 Å². The van der Waals surface area contributed by atoms with Crippen molar-refractivity contribution in [2.75, 3.05) is 40.7 Å². The van der Waals surface area contributed by atoms with E-state index in [9.17, 15) is 0 Å². The van der Waals surface area contributed by atoms with Gasteiger partial charge in [0, 0.05) is 0 Å². The van der Waals surface area contributed by atoms with E-state index >= 15 is 0 Å². The highest BCUT2D eigenvalue weighted by molar-refractivity contribution is 4.50. The molecular weight excluding hydrogens is 422 g/mol. The zero-order chi connectivity index (χ0) is 25.2. The molecular formula is C29H64N3O2+. The number of hydroxylamine groups is 2. The van der Waals surface area contributed by atoms with E-state index < -0.39 is 0 Å². The summed E-state index contributed by atoms with van der Waals surface area (Å²) in [7, 11) is 4.06. The van der Waals surface area contributed by atoms with Crippen LogP contribution in [0.5, 0.6) is 0 Å². The molecule has 0 aromatic heterocycles. The Kier molecular flexibility index (Phi) is 25.7. The second-order valence-corrected chi connectivity index (χ2v) is 10.8. The van der Waals surface area contributed by atoms with Gasteiger partial charge in [0.1, 0.15) is 6.61 Å². The molecule has 0 saturated heterocycles. The first-order valence-electron chi connectivity index (χ1n) is 15.1. The normalized spacial score (nSPS) is 13.6. The molecule has 0 aliphatic carbocycles. The van der Waals surface area contributed by atoms with E-state index in [0.717, 1.165) is 19.4 Å². The Labute approximate surface area is 214 Å². The van der Waals surface area contributed by atoms with Crippen LogP contribution in [0.25, 0.3) is 0 Å². The van der Waals surface area contributed by atoms with Crippen molar-refractivity contribution in [1.82, 2.24) is 4.90 Å². The second kappa shape index (κ2) is 25.9. The van der Waals surface area contributed by atoms with Gasteiger partial charge in [0.15, 0.2) is 6.67 Å². The number of ether oxygens (including phenoxy) is 1. The first kappa shape index (κ1) is 33.8. The maximum absolute atomic E-state index is 6.46. The molecule has 5 nitrogen and oxygen atoms in total. The van der Waals surface area contributed by atoms with Gasteiger partial charge >= 0.3 is 0 Å². The highest BCUT2D eigenvalue weighted by atomic mass is 16.8. The third-order valence-electron chi connectivity index (χ3n) is 6.57. The predicted molar refractivity (Wildman–Crippen MR) is 148 cm³/mol. The summed E-state index contributed by atoms with van der Waals surface area (Å²) in [5.74, 6) is 6.46. The third-order valence-corrected chi connectivity index (χ3v) is 6.57. The monoisotopic (exact) mass is 486 g/mol. The molecule has 0 fully saturated rings. The average molecular weight is 487 g/mol. The van der Waals surface area contributed by atoms with Crippen LogP contribution < -0.4 is 5.84 Å². The minimum Gasteiger partial charge on any atom is -0.328 e. The van der Waals surface area contributed by atoms with Crippen LogP contribution >= 0.6 is 0 Å². The highest BCUT2D eigenvalue weighted by Crippen LogP contribution is 2.14. The fourth-order valence-corrected chi connectivity index (χ4v) is 4.52. The summed E-state index contributed by atoms with van der Waals surface area (Å²) in [6, 6.07) is 0. The highest BCUT2D eigenvalue weighted by Gasteiger charge is 2.26. The molecule has 1 unspecified atom stereocenters. The minimum absolute atomic E-state index is 0.0274. The lowest BCUT2D eigenvalue weighted by atomic mass is 10.0. The molecule has 0 saturated carbocycles. The fraction of sp³-hybridized carbons (Fsp3) is 1.00. The van der Waals surface area contributed by atoms with Crippen molar-refractivity contribution < 1.29 is 14.3 Å². The Morgan fingerprint density at radius 3 is 1.29 bits per heavy atom. The van der Waals surface area contributed by atoms with Gasteiger partial charge in [-0.2, -0.15) is 4.84 Å². The SMILES string of the molecule is CCCCCCCCCCCCCCCCCCCO[N+](N)(COCCCCCC)CN(C)C. The Balaban J connectivity index is 3.53. The van der Waals surface area contributed by atoms with Crippen LogP contribution in [0.2, 0.25) is 0 Å². The molecule has 0 amide bonds. The van der Waals surface area contributed by atoms with Crippen LogP contribution in [0.15, 0.2) is 0 Å². The van der Waals surface area contributed by atoms with Gasteiger partial charge in [0.25, 0.3) is 0 Å². The molecule has 34 heavy (non-hydrogen) atoms. The number of unbranched alkanes of at least 4 members (excludes halogenated alkanes) is 19. The van der Waals surface area contributed by atoms with E-state index in [1.165, 1.54) is 122 Å². The minimum atomic E-state index is 0.0274. The Morgan fingerprint density at radius 1 is 0.529 bits per heavy atom. The molecule has 0 spiro atoms. The molecule has 0 bridgehead atoms. The van der Waals surface area contributed by atoms with Gasteiger partial charge < -0.3 is 4.74 Å². The van der Waals surface area contributed by atoms with Crippen molar-refractivity contribution in [3.05, 3.63) is 0 Å². The van der Waals surface area contributed by atoms with Crippen LogP contribution in [0.1, 0.15) is 149 Å². The number of hydrogen-bond donors (Lipinski definition) is 1. The second-order valence-electron chi connectivity index (χ2n) is 10.8. The molecule has 0 aromatic rings. The molecule has 206 valence electrons.